The zero-order valence-corrected chi connectivity index (χ0v) is 16.5. The molecule has 0 radical (unpaired) electrons. The Kier molecular flexibility index (Phi) is 4.97. The first kappa shape index (κ1) is 18.2. The topological polar surface area (TPSA) is 75.9 Å². The van der Waals surface area contributed by atoms with E-state index in [1.807, 2.05) is 46.2 Å². The molecule has 0 saturated carbocycles. The zero-order chi connectivity index (χ0) is 19.6. The number of aryl methyl sites for hydroxylation is 1. The minimum absolute atomic E-state index is 0.165. The molecule has 1 amide bonds. The van der Waals surface area contributed by atoms with Crippen LogP contribution in [0.5, 0.6) is 0 Å². The average molecular weight is 390 g/mol. The largest absolute Gasteiger partial charge is 0.338 e. The Hall–Kier alpha value is -2.80. The number of nitrogens with one attached hydrogen (secondary N) is 1. The highest BCUT2D eigenvalue weighted by molar-refractivity contribution is 5.79. The van der Waals surface area contributed by atoms with Gasteiger partial charge in [-0.1, -0.05) is 18.2 Å². The van der Waals surface area contributed by atoms with Gasteiger partial charge in [-0.2, -0.15) is 5.10 Å². The SMILES string of the molecule is O=C(CCn1ncc2ccccc21)N1CCc2nc(C3CCNCC3)ncc2C1. The summed E-state index contributed by atoms with van der Waals surface area (Å²) in [5.41, 5.74) is 3.28. The Morgan fingerprint density at radius 1 is 1.17 bits per heavy atom. The third-order valence-electron chi connectivity index (χ3n) is 6.10. The first-order chi connectivity index (χ1) is 14.3. The third kappa shape index (κ3) is 3.74. The molecule has 1 fully saturated rings. The number of piperidine rings is 1. The smallest absolute Gasteiger partial charge is 0.224 e. The van der Waals surface area contributed by atoms with E-state index in [1.54, 1.807) is 0 Å². The lowest BCUT2D eigenvalue weighted by Crippen LogP contribution is -2.37. The summed E-state index contributed by atoms with van der Waals surface area (Å²) in [7, 11) is 0. The monoisotopic (exact) mass is 390 g/mol. The average Bonchev–Trinajstić information content (AvgIpc) is 3.20. The van der Waals surface area contributed by atoms with Gasteiger partial charge in [0.05, 0.1) is 24.0 Å². The number of hydrogen-bond donors (Lipinski definition) is 1. The molecule has 0 bridgehead atoms. The highest BCUT2D eigenvalue weighted by atomic mass is 16.2. The molecule has 1 N–H and O–H groups in total. The Morgan fingerprint density at radius 2 is 2.03 bits per heavy atom. The Balaban J connectivity index is 1.22. The van der Waals surface area contributed by atoms with E-state index in [9.17, 15) is 4.79 Å². The van der Waals surface area contributed by atoms with E-state index in [-0.39, 0.29) is 5.91 Å². The van der Waals surface area contributed by atoms with Crippen LogP contribution in [0.25, 0.3) is 10.9 Å². The zero-order valence-electron chi connectivity index (χ0n) is 16.5. The number of hydrogen-bond acceptors (Lipinski definition) is 5. The minimum atomic E-state index is 0.165. The lowest BCUT2D eigenvalue weighted by molar-refractivity contribution is -0.132. The van der Waals surface area contributed by atoms with Crippen LogP contribution in [0.15, 0.2) is 36.7 Å². The molecule has 0 spiro atoms. The van der Waals surface area contributed by atoms with Gasteiger partial charge in [0.2, 0.25) is 5.91 Å². The molecule has 4 heterocycles. The van der Waals surface area contributed by atoms with Crippen LogP contribution in [0.2, 0.25) is 0 Å². The Bertz CT molecular complexity index is 1020. The third-order valence-corrected chi connectivity index (χ3v) is 6.10. The van der Waals surface area contributed by atoms with Gasteiger partial charge in [0.25, 0.3) is 0 Å². The van der Waals surface area contributed by atoms with Crippen LogP contribution in [0, 0.1) is 0 Å². The highest BCUT2D eigenvalue weighted by Gasteiger charge is 2.24. The van der Waals surface area contributed by atoms with Gasteiger partial charge in [-0.3, -0.25) is 9.48 Å². The van der Waals surface area contributed by atoms with E-state index >= 15 is 0 Å². The molecule has 150 valence electrons. The maximum absolute atomic E-state index is 12.8. The Labute approximate surface area is 170 Å². The summed E-state index contributed by atoms with van der Waals surface area (Å²) in [5.74, 6) is 1.61. The van der Waals surface area contributed by atoms with Crippen LogP contribution >= 0.6 is 0 Å². The van der Waals surface area contributed by atoms with Crippen molar-refractivity contribution in [2.75, 3.05) is 19.6 Å². The number of aromatic nitrogens is 4. The second kappa shape index (κ2) is 7.91. The van der Waals surface area contributed by atoms with E-state index in [1.165, 1.54) is 0 Å². The van der Waals surface area contributed by atoms with Crippen LogP contribution in [0.4, 0.5) is 0 Å². The maximum Gasteiger partial charge on any atom is 0.224 e. The lowest BCUT2D eigenvalue weighted by Gasteiger charge is -2.29. The summed E-state index contributed by atoms with van der Waals surface area (Å²) in [6.07, 6.45) is 7.27. The van der Waals surface area contributed by atoms with Crippen LogP contribution in [0.1, 0.15) is 42.3 Å². The first-order valence-corrected chi connectivity index (χ1v) is 10.5. The molecular weight excluding hydrogens is 364 g/mol. The molecule has 5 rings (SSSR count). The molecule has 29 heavy (non-hydrogen) atoms. The molecule has 3 aromatic rings. The molecule has 2 aliphatic heterocycles. The van der Waals surface area contributed by atoms with Crippen molar-refractivity contribution in [2.45, 2.75) is 44.7 Å². The van der Waals surface area contributed by atoms with Crippen LogP contribution in [-0.2, 0) is 24.3 Å². The van der Waals surface area contributed by atoms with Crippen LogP contribution < -0.4 is 5.32 Å². The van der Waals surface area contributed by atoms with Gasteiger partial charge in [0, 0.05) is 49.0 Å². The van der Waals surface area contributed by atoms with Crippen molar-refractivity contribution >= 4 is 16.8 Å². The number of nitrogens with zero attached hydrogens (tertiary/aromatic N) is 5. The number of carbonyl (C=O) groups is 1. The van der Waals surface area contributed by atoms with Gasteiger partial charge in [0.1, 0.15) is 5.82 Å². The van der Waals surface area contributed by atoms with Crippen LogP contribution in [0.3, 0.4) is 0 Å². The van der Waals surface area contributed by atoms with E-state index in [2.05, 4.69) is 15.4 Å². The first-order valence-electron chi connectivity index (χ1n) is 10.5. The van der Waals surface area contributed by atoms with Gasteiger partial charge in [0.15, 0.2) is 0 Å². The van der Waals surface area contributed by atoms with E-state index in [0.717, 1.165) is 66.9 Å². The molecule has 0 atom stereocenters. The molecule has 0 aliphatic carbocycles. The number of para-hydroxylation sites is 1. The van der Waals surface area contributed by atoms with Crippen LogP contribution in [-0.4, -0.2) is 50.2 Å². The van der Waals surface area contributed by atoms with Crippen molar-refractivity contribution in [2.24, 2.45) is 0 Å². The molecule has 1 aromatic carbocycles. The number of carbonyl (C=O) groups excluding carboxylic acids is 1. The lowest BCUT2D eigenvalue weighted by atomic mass is 9.96. The Morgan fingerprint density at radius 3 is 2.93 bits per heavy atom. The summed E-state index contributed by atoms with van der Waals surface area (Å²) in [6.45, 7) is 4.02. The fourth-order valence-electron chi connectivity index (χ4n) is 4.38. The molecule has 2 aliphatic rings. The minimum Gasteiger partial charge on any atom is -0.338 e. The van der Waals surface area contributed by atoms with E-state index in [0.29, 0.717) is 25.4 Å². The van der Waals surface area contributed by atoms with Gasteiger partial charge in [-0.05, 0) is 32.0 Å². The highest BCUT2D eigenvalue weighted by Crippen LogP contribution is 2.25. The second-order valence-electron chi connectivity index (χ2n) is 7.97. The van der Waals surface area contributed by atoms with E-state index < -0.39 is 0 Å². The fraction of sp³-hybridized carbons (Fsp3) is 0.455. The van der Waals surface area contributed by atoms with E-state index in [4.69, 9.17) is 4.98 Å². The predicted octanol–water partition coefficient (Wildman–Crippen LogP) is 2.27. The number of fused-ring (bicyclic) bond motifs is 2. The molecule has 0 unspecified atom stereocenters. The normalized spacial score (nSPS) is 17.4. The van der Waals surface area contributed by atoms with Gasteiger partial charge in [-0.15, -0.1) is 0 Å². The van der Waals surface area contributed by atoms with Crippen molar-refractivity contribution in [1.29, 1.82) is 0 Å². The predicted molar refractivity (Wildman–Crippen MR) is 110 cm³/mol. The summed E-state index contributed by atoms with van der Waals surface area (Å²) in [6, 6.07) is 8.09. The number of benzene rings is 1. The standard InChI is InChI=1S/C22H26N6O/c29-21(8-12-28-20-4-2-1-3-17(20)14-25-28)27-11-7-19-18(15-27)13-24-22(26-19)16-5-9-23-10-6-16/h1-4,13-14,16,23H,5-12,15H2. The quantitative estimate of drug-likeness (QED) is 0.740. The summed E-state index contributed by atoms with van der Waals surface area (Å²) >= 11 is 0. The summed E-state index contributed by atoms with van der Waals surface area (Å²) < 4.78 is 1.92. The number of rotatable bonds is 4. The second-order valence-corrected chi connectivity index (χ2v) is 7.97. The van der Waals surface area contributed by atoms with Gasteiger partial charge in [-0.25, -0.2) is 9.97 Å². The van der Waals surface area contributed by atoms with Gasteiger partial charge < -0.3 is 10.2 Å². The summed E-state index contributed by atoms with van der Waals surface area (Å²) in [4.78, 5) is 24.2. The van der Waals surface area contributed by atoms with Crippen molar-refractivity contribution in [3.8, 4) is 0 Å². The van der Waals surface area contributed by atoms with Crippen molar-refractivity contribution in [3.63, 3.8) is 0 Å². The van der Waals surface area contributed by atoms with Crippen molar-refractivity contribution < 1.29 is 4.79 Å². The molecule has 1 saturated heterocycles. The van der Waals surface area contributed by atoms with Crippen molar-refractivity contribution in [1.82, 2.24) is 30.0 Å². The molecule has 2 aromatic heterocycles. The maximum atomic E-state index is 12.8. The summed E-state index contributed by atoms with van der Waals surface area (Å²) in [5, 5.41) is 8.92. The molecule has 7 heteroatoms. The fourth-order valence-corrected chi connectivity index (χ4v) is 4.38. The van der Waals surface area contributed by atoms with Gasteiger partial charge >= 0.3 is 0 Å². The molecular formula is C22H26N6O. The number of amides is 1. The molecule has 7 nitrogen and oxygen atoms in total. The van der Waals surface area contributed by atoms with Crippen molar-refractivity contribution in [3.05, 3.63) is 53.7 Å².